The Kier molecular flexibility index (Phi) is 11.1. The van der Waals surface area contributed by atoms with Crippen LogP contribution in [0.15, 0.2) is 30.3 Å². The molecule has 0 aromatic heterocycles. The van der Waals surface area contributed by atoms with Crippen molar-refractivity contribution in [2.75, 3.05) is 19.6 Å². The Labute approximate surface area is 145 Å². The zero-order chi connectivity index (χ0) is 16.4. The van der Waals surface area contributed by atoms with Crippen molar-refractivity contribution in [3.05, 3.63) is 35.9 Å². The van der Waals surface area contributed by atoms with Gasteiger partial charge in [-0.15, -0.1) is 12.4 Å². The van der Waals surface area contributed by atoms with Crippen LogP contribution in [-0.4, -0.2) is 42.4 Å². The normalized spacial score (nSPS) is 11.3. The highest BCUT2D eigenvalue weighted by Gasteiger charge is 2.14. The van der Waals surface area contributed by atoms with Gasteiger partial charge in [0, 0.05) is 26.1 Å². The summed E-state index contributed by atoms with van der Waals surface area (Å²) in [6, 6.07) is 9.15. The minimum atomic E-state index is -0.555. The second-order valence-electron chi connectivity index (χ2n) is 5.26. The molecule has 0 radical (unpaired) electrons. The van der Waals surface area contributed by atoms with Crippen LogP contribution in [0.5, 0.6) is 0 Å². The van der Waals surface area contributed by atoms with Gasteiger partial charge >= 0.3 is 0 Å². The number of nitrogens with one attached hydrogen (secondary N) is 1. The molecule has 0 saturated carbocycles. The first kappa shape index (κ1) is 21.4. The van der Waals surface area contributed by atoms with Gasteiger partial charge in [0.05, 0.1) is 6.04 Å². The number of nitrogens with zero attached hydrogens (tertiary/aromatic N) is 1. The largest absolute Gasteiger partial charge is 0.355 e. The Morgan fingerprint density at radius 2 is 1.78 bits per heavy atom. The zero-order valence-electron chi connectivity index (χ0n) is 14.0. The highest BCUT2D eigenvalue weighted by atomic mass is 35.5. The minimum absolute atomic E-state index is 0. The van der Waals surface area contributed by atoms with E-state index >= 15 is 0 Å². The van der Waals surface area contributed by atoms with Crippen LogP contribution in [0.4, 0.5) is 0 Å². The lowest BCUT2D eigenvalue weighted by Gasteiger charge is -2.18. The van der Waals surface area contributed by atoms with E-state index in [0.717, 1.165) is 18.7 Å². The van der Waals surface area contributed by atoms with Crippen LogP contribution in [-0.2, 0) is 16.0 Å². The summed E-state index contributed by atoms with van der Waals surface area (Å²) in [6.45, 7) is 5.86. The smallest absolute Gasteiger partial charge is 0.237 e. The zero-order valence-corrected chi connectivity index (χ0v) is 14.8. The Balaban J connectivity index is 0.00000484. The van der Waals surface area contributed by atoms with Gasteiger partial charge in [-0.25, -0.2) is 0 Å². The molecule has 5 nitrogen and oxygen atoms in total. The maximum absolute atomic E-state index is 11.9. The first-order chi connectivity index (χ1) is 10.6. The van der Waals surface area contributed by atoms with Crippen LogP contribution >= 0.6 is 12.4 Å². The number of benzene rings is 1. The lowest BCUT2D eigenvalue weighted by molar-refractivity contribution is -0.131. The Morgan fingerprint density at radius 1 is 1.17 bits per heavy atom. The van der Waals surface area contributed by atoms with E-state index in [1.165, 1.54) is 0 Å². The van der Waals surface area contributed by atoms with Crippen molar-refractivity contribution >= 4 is 24.2 Å². The van der Waals surface area contributed by atoms with Gasteiger partial charge < -0.3 is 16.0 Å². The van der Waals surface area contributed by atoms with Gasteiger partial charge in [-0.1, -0.05) is 30.3 Å². The fourth-order valence-electron chi connectivity index (χ4n) is 2.28. The van der Waals surface area contributed by atoms with Crippen molar-refractivity contribution in [3.8, 4) is 0 Å². The van der Waals surface area contributed by atoms with Gasteiger partial charge in [-0.05, 0) is 32.3 Å². The summed E-state index contributed by atoms with van der Waals surface area (Å²) in [7, 11) is 0. The van der Waals surface area contributed by atoms with E-state index in [9.17, 15) is 9.59 Å². The molecule has 1 aromatic carbocycles. The molecule has 0 spiro atoms. The molecule has 0 bridgehead atoms. The van der Waals surface area contributed by atoms with Crippen molar-refractivity contribution in [2.45, 2.75) is 39.2 Å². The molecule has 130 valence electrons. The lowest BCUT2D eigenvalue weighted by Crippen LogP contribution is -2.42. The van der Waals surface area contributed by atoms with Gasteiger partial charge in [0.15, 0.2) is 0 Å². The molecule has 0 heterocycles. The summed E-state index contributed by atoms with van der Waals surface area (Å²) in [5.74, 6) is -0.0352. The predicted octanol–water partition coefficient (Wildman–Crippen LogP) is 1.74. The Bertz CT molecular complexity index is 464. The van der Waals surface area contributed by atoms with Crippen molar-refractivity contribution in [1.29, 1.82) is 0 Å². The van der Waals surface area contributed by atoms with Crippen LogP contribution in [0.1, 0.15) is 32.3 Å². The molecule has 0 aliphatic heterocycles. The van der Waals surface area contributed by atoms with Gasteiger partial charge in [0.1, 0.15) is 0 Å². The Morgan fingerprint density at radius 3 is 2.35 bits per heavy atom. The number of amides is 2. The lowest BCUT2D eigenvalue weighted by atomic mass is 10.1. The van der Waals surface area contributed by atoms with Crippen LogP contribution in [0.3, 0.4) is 0 Å². The van der Waals surface area contributed by atoms with Crippen molar-refractivity contribution in [3.63, 3.8) is 0 Å². The minimum Gasteiger partial charge on any atom is -0.355 e. The molecule has 0 aliphatic carbocycles. The second kappa shape index (κ2) is 11.9. The molecule has 0 aliphatic rings. The summed E-state index contributed by atoms with van der Waals surface area (Å²) in [5.41, 5.74) is 6.94. The molecular formula is C17H28ClN3O2. The molecule has 0 saturated heterocycles. The van der Waals surface area contributed by atoms with Crippen LogP contribution in [0.25, 0.3) is 0 Å². The van der Waals surface area contributed by atoms with Gasteiger partial charge in [-0.3, -0.25) is 9.59 Å². The topological polar surface area (TPSA) is 75.4 Å². The molecule has 2 amide bonds. The molecular weight excluding hydrogens is 314 g/mol. The third kappa shape index (κ3) is 8.00. The predicted molar refractivity (Wildman–Crippen MR) is 95.5 cm³/mol. The number of nitrogens with two attached hydrogens (primary N) is 1. The van der Waals surface area contributed by atoms with E-state index in [4.69, 9.17) is 5.73 Å². The average Bonchev–Trinajstić information content (AvgIpc) is 2.53. The van der Waals surface area contributed by atoms with E-state index in [0.29, 0.717) is 25.8 Å². The molecule has 1 atom stereocenters. The average molecular weight is 342 g/mol. The molecule has 6 heteroatoms. The van der Waals surface area contributed by atoms with E-state index < -0.39 is 6.04 Å². The van der Waals surface area contributed by atoms with E-state index in [1.807, 2.05) is 44.2 Å². The Hall–Kier alpha value is -1.59. The maximum atomic E-state index is 11.9. The second-order valence-corrected chi connectivity index (χ2v) is 5.26. The van der Waals surface area contributed by atoms with Crippen molar-refractivity contribution in [2.24, 2.45) is 5.73 Å². The number of rotatable bonds is 9. The van der Waals surface area contributed by atoms with Gasteiger partial charge in [-0.2, -0.15) is 0 Å². The summed E-state index contributed by atoms with van der Waals surface area (Å²) in [5, 5.41) is 2.80. The van der Waals surface area contributed by atoms with Gasteiger partial charge in [0.2, 0.25) is 11.8 Å². The monoisotopic (exact) mass is 341 g/mol. The molecule has 0 fully saturated rings. The van der Waals surface area contributed by atoms with E-state index in [-0.39, 0.29) is 24.2 Å². The SMILES string of the molecule is CCN(CC)C(=O)CCCNC(=O)[C@@H](N)Cc1ccccc1.Cl. The third-order valence-electron chi connectivity index (χ3n) is 3.62. The molecule has 1 aromatic rings. The summed E-state index contributed by atoms with van der Waals surface area (Å²) >= 11 is 0. The molecule has 3 N–H and O–H groups in total. The van der Waals surface area contributed by atoms with E-state index in [2.05, 4.69) is 5.32 Å². The first-order valence-corrected chi connectivity index (χ1v) is 7.93. The highest BCUT2D eigenvalue weighted by Crippen LogP contribution is 2.02. The van der Waals surface area contributed by atoms with Gasteiger partial charge in [0.25, 0.3) is 0 Å². The molecule has 23 heavy (non-hydrogen) atoms. The fraction of sp³-hybridized carbons (Fsp3) is 0.529. The van der Waals surface area contributed by atoms with Crippen LogP contribution in [0, 0.1) is 0 Å². The summed E-state index contributed by atoms with van der Waals surface area (Å²) < 4.78 is 0. The van der Waals surface area contributed by atoms with Crippen molar-refractivity contribution in [1.82, 2.24) is 10.2 Å². The number of hydrogen-bond donors (Lipinski definition) is 2. The van der Waals surface area contributed by atoms with Crippen LogP contribution in [0.2, 0.25) is 0 Å². The fourth-order valence-corrected chi connectivity index (χ4v) is 2.28. The molecule has 1 rings (SSSR count). The summed E-state index contributed by atoms with van der Waals surface area (Å²) in [4.78, 5) is 25.5. The van der Waals surface area contributed by atoms with Crippen LogP contribution < -0.4 is 11.1 Å². The van der Waals surface area contributed by atoms with E-state index in [1.54, 1.807) is 4.90 Å². The number of halogens is 1. The first-order valence-electron chi connectivity index (χ1n) is 7.93. The summed E-state index contributed by atoms with van der Waals surface area (Å²) in [6.07, 6.45) is 1.61. The third-order valence-corrected chi connectivity index (χ3v) is 3.62. The quantitative estimate of drug-likeness (QED) is 0.672. The standard InChI is InChI=1S/C17H27N3O2.ClH/c1-3-20(4-2)16(21)11-8-12-19-17(22)15(18)13-14-9-6-5-7-10-14;/h5-7,9-10,15H,3-4,8,11-13,18H2,1-2H3,(H,19,22);1H/t15-;/m0./s1. The number of carbonyl (C=O) groups is 2. The van der Waals surface area contributed by atoms with Crippen molar-refractivity contribution < 1.29 is 9.59 Å². The maximum Gasteiger partial charge on any atom is 0.237 e. The number of hydrogen-bond acceptors (Lipinski definition) is 3. The number of carbonyl (C=O) groups excluding carboxylic acids is 2. The highest BCUT2D eigenvalue weighted by molar-refractivity contribution is 5.85. The molecule has 0 unspecified atom stereocenters.